The molecule has 0 aliphatic heterocycles. The number of carbonyl (C=O) groups is 2. The van der Waals surface area contributed by atoms with Crippen LogP contribution in [0.5, 0.6) is 5.75 Å². The van der Waals surface area contributed by atoms with Crippen molar-refractivity contribution in [2.75, 3.05) is 24.6 Å². The van der Waals surface area contributed by atoms with E-state index in [1.54, 1.807) is 24.3 Å². The third kappa shape index (κ3) is 5.27. The maximum atomic E-state index is 13.8. The van der Waals surface area contributed by atoms with E-state index in [4.69, 9.17) is 4.74 Å². The predicted molar refractivity (Wildman–Crippen MR) is 89.3 cm³/mol. The summed E-state index contributed by atoms with van der Waals surface area (Å²) in [6.07, 6.45) is 0. The SMILES string of the molecule is CC(=O)N(CCNC(=O)COc1ccccc1)c1c(F)cccc1F. The number of hydrogen-bond acceptors (Lipinski definition) is 3. The molecule has 0 saturated heterocycles. The molecule has 0 aromatic heterocycles. The Morgan fingerprint density at radius 1 is 1.04 bits per heavy atom. The highest BCUT2D eigenvalue weighted by molar-refractivity contribution is 5.91. The lowest BCUT2D eigenvalue weighted by atomic mass is 10.2. The van der Waals surface area contributed by atoms with Gasteiger partial charge in [0.1, 0.15) is 23.1 Å². The zero-order valence-corrected chi connectivity index (χ0v) is 13.7. The van der Waals surface area contributed by atoms with Gasteiger partial charge in [0.2, 0.25) is 5.91 Å². The van der Waals surface area contributed by atoms with Crippen LogP contribution >= 0.6 is 0 Å². The second-order valence-electron chi connectivity index (χ2n) is 5.19. The number of carbonyl (C=O) groups excluding carboxylic acids is 2. The molecule has 0 fully saturated rings. The Bertz CT molecular complexity index is 718. The van der Waals surface area contributed by atoms with Gasteiger partial charge < -0.3 is 15.0 Å². The quantitative estimate of drug-likeness (QED) is 0.836. The van der Waals surface area contributed by atoms with Gasteiger partial charge in [-0.05, 0) is 24.3 Å². The van der Waals surface area contributed by atoms with Crippen LogP contribution in [0.1, 0.15) is 6.92 Å². The van der Waals surface area contributed by atoms with E-state index >= 15 is 0 Å². The summed E-state index contributed by atoms with van der Waals surface area (Å²) in [5.74, 6) is -2.06. The number of amides is 2. The zero-order chi connectivity index (χ0) is 18.2. The van der Waals surface area contributed by atoms with Crippen LogP contribution in [0.25, 0.3) is 0 Å². The molecule has 2 aromatic carbocycles. The summed E-state index contributed by atoms with van der Waals surface area (Å²) in [6, 6.07) is 12.2. The highest BCUT2D eigenvalue weighted by Gasteiger charge is 2.19. The monoisotopic (exact) mass is 348 g/mol. The van der Waals surface area contributed by atoms with Crippen LogP contribution in [0, 0.1) is 11.6 Å². The Labute approximate surface area is 144 Å². The van der Waals surface area contributed by atoms with Gasteiger partial charge in [0.15, 0.2) is 6.61 Å². The first kappa shape index (κ1) is 18.4. The molecule has 2 amide bonds. The third-order valence-electron chi connectivity index (χ3n) is 3.36. The number of rotatable bonds is 7. The molecular formula is C18H18F2N2O3. The Morgan fingerprint density at radius 3 is 2.28 bits per heavy atom. The van der Waals surface area contributed by atoms with Crippen molar-refractivity contribution in [3.8, 4) is 5.75 Å². The van der Waals surface area contributed by atoms with E-state index in [9.17, 15) is 18.4 Å². The number of hydrogen-bond donors (Lipinski definition) is 1. The maximum absolute atomic E-state index is 13.8. The minimum atomic E-state index is -0.839. The van der Waals surface area contributed by atoms with Crippen LogP contribution in [-0.4, -0.2) is 31.5 Å². The van der Waals surface area contributed by atoms with Gasteiger partial charge in [0.05, 0.1) is 0 Å². The molecule has 0 bridgehead atoms. The van der Waals surface area contributed by atoms with Crippen molar-refractivity contribution in [3.63, 3.8) is 0 Å². The molecular weight excluding hydrogens is 330 g/mol. The van der Waals surface area contributed by atoms with Crippen molar-refractivity contribution in [2.45, 2.75) is 6.92 Å². The fraction of sp³-hybridized carbons (Fsp3) is 0.222. The normalized spacial score (nSPS) is 10.2. The van der Waals surface area contributed by atoms with Crippen molar-refractivity contribution < 1.29 is 23.1 Å². The van der Waals surface area contributed by atoms with Crippen LogP contribution in [0.3, 0.4) is 0 Å². The summed E-state index contributed by atoms with van der Waals surface area (Å²) in [5.41, 5.74) is -0.426. The maximum Gasteiger partial charge on any atom is 0.258 e. The van der Waals surface area contributed by atoms with E-state index < -0.39 is 29.1 Å². The van der Waals surface area contributed by atoms with E-state index in [0.717, 1.165) is 17.0 Å². The average Bonchev–Trinajstić information content (AvgIpc) is 2.59. The lowest BCUT2D eigenvalue weighted by Gasteiger charge is -2.22. The fourth-order valence-corrected chi connectivity index (χ4v) is 2.20. The fourth-order valence-electron chi connectivity index (χ4n) is 2.20. The van der Waals surface area contributed by atoms with E-state index in [2.05, 4.69) is 5.32 Å². The molecule has 2 aromatic rings. The molecule has 132 valence electrons. The summed E-state index contributed by atoms with van der Waals surface area (Å²) in [5, 5.41) is 2.54. The van der Waals surface area contributed by atoms with Crippen molar-refractivity contribution in [1.82, 2.24) is 5.32 Å². The lowest BCUT2D eigenvalue weighted by Crippen LogP contribution is -2.39. The molecule has 0 aliphatic rings. The Morgan fingerprint density at radius 2 is 1.68 bits per heavy atom. The molecule has 25 heavy (non-hydrogen) atoms. The third-order valence-corrected chi connectivity index (χ3v) is 3.36. The van der Waals surface area contributed by atoms with Crippen molar-refractivity contribution in [2.24, 2.45) is 0 Å². The lowest BCUT2D eigenvalue weighted by molar-refractivity contribution is -0.123. The number of halogens is 2. The molecule has 0 heterocycles. The Balaban J connectivity index is 1.87. The number of para-hydroxylation sites is 2. The molecule has 0 unspecified atom stereocenters. The van der Waals surface area contributed by atoms with E-state index in [-0.39, 0.29) is 19.7 Å². The molecule has 2 rings (SSSR count). The summed E-state index contributed by atoms with van der Waals surface area (Å²) in [6.45, 7) is 0.971. The Hall–Kier alpha value is -2.96. The van der Waals surface area contributed by atoms with Crippen LogP contribution in [0.2, 0.25) is 0 Å². The second-order valence-corrected chi connectivity index (χ2v) is 5.19. The van der Waals surface area contributed by atoms with Crippen molar-refractivity contribution in [1.29, 1.82) is 0 Å². The zero-order valence-electron chi connectivity index (χ0n) is 13.7. The van der Waals surface area contributed by atoms with Gasteiger partial charge in [0, 0.05) is 20.0 Å². The van der Waals surface area contributed by atoms with Gasteiger partial charge in [-0.3, -0.25) is 9.59 Å². The minimum Gasteiger partial charge on any atom is -0.484 e. The van der Waals surface area contributed by atoms with E-state index in [1.165, 1.54) is 13.0 Å². The first-order valence-corrected chi connectivity index (χ1v) is 7.65. The topological polar surface area (TPSA) is 58.6 Å². The summed E-state index contributed by atoms with van der Waals surface area (Å²) in [7, 11) is 0. The van der Waals surface area contributed by atoms with Gasteiger partial charge in [-0.25, -0.2) is 8.78 Å². The van der Waals surface area contributed by atoms with Gasteiger partial charge in [-0.1, -0.05) is 24.3 Å². The minimum absolute atomic E-state index is 0.0321. The summed E-state index contributed by atoms with van der Waals surface area (Å²) in [4.78, 5) is 24.4. The molecule has 1 N–H and O–H groups in total. The summed E-state index contributed by atoms with van der Waals surface area (Å²) < 4.78 is 32.9. The van der Waals surface area contributed by atoms with Gasteiger partial charge in [0.25, 0.3) is 5.91 Å². The van der Waals surface area contributed by atoms with Crippen molar-refractivity contribution in [3.05, 3.63) is 60.2 Å². The Kier molecular flexibility index (Phi) is 6.45. The van der Waals surface area contributed by atoms with Crippen LogP contribution in [-0.2, 0) is 9.59 Å². The standard InChI is InChI=1S/C18H18F2N2O3/c1-13(23)22(18-15(19)8-5-9-16(18)20)11-10-21-17(24)12-25-14-6-3-2-4-7-14/h2-9H,10-12H2,1H3,(H,21,24). The highest BCUT2D eigenvalue weighted by atomic mass is 19.1. The average molecular weight is 348 g/mol. The van der Waals surface area contributed by atoms with Crippen LogP contribution < -0.4 is 15.0 Å². The number of nitrogens with zero attached hydrogens (tertiary/aromatic N) is 1. The van der Waals surface area contributed by atoms with Crippen molar-refractivity contribution >= 4 is 17.5 Å². The molecule has 0 saturated carbocycles. The number of benzene rings is 2. The van der Waals surface area contributed by atoms with E-state index in [1.807, 2.05) is 6.07 Å². The number of ether oxygens (including phenoxy) is 1. The first-order chi connectivity index (χ1) is 12.0. The second kappa shape index (κ2) is 8.77. The largest absolute Gasteiger partial charge is 0.484 e. The highest BCUT2D eigenvalue weighted by Crippen LogP contribution is 2.23. The number of anilines is 1. The first-order valence-electron chi connectivity index (χ1n) is 7.65. The molecule has 0 atom stereocenters. The molecule has 5 nitrogen and oxygen atoms in total. The molecule has 7 heteroatoms. The van der Waals surface area contributed by atoms with E-state index in [0.29, 0.717) is 5.75 Å². The number of nitrogens with one attached hydrogen (secondary N) is 1. The smallest absolute Gasteiger partial charge is 0.258 e. The van der Waals surface area contributed by atoms with Gasteiger partial charge in [-0.15, -0.1) is 0 Å². The molecule has 0 radical (unpaired) electrons. The van der Waals surface area contributed by atoms with Crippen LogP contribution in [0.15, 0.2) is 48.5 Å². The molecule has 0 aliphatic carbocycles. The van der Waals surface area contributed by atoms with Crippen LogP contribution in [0.4, 0.5) is 14.5 Å². The molecule has 0 spiro atoms. The predicted octanol–water partition coefficient (Wildman–Crippen LogP) is 2.51. The summed E-state index contributed by atoms with van der Waals surface area (Å²) >= 11 is 0. The van der Waals surface area contributed by atoms with Gasteiger partial charge >= 0.3 is 0 Å². The van der Waals surface area contributed by atoms with Gasteiger partial charge in [-0.2, -0.15) is 0 Å².